The topological polar surface area (TPSA) is 36.5 Å². The van der Waals surface area contributed by atoms with E-state index in [9.17, 15) is 0 Å². The second kappa shape index (κ2) is 8.94. The van der Waals surface area contributed by atoms with Gasteiger partial charge >= 0.3 is 0 Å². The predicted octanol–water partition coefficient (Wildman–Crippen LogP) is 3.35. The Balaban J connectivity index is 1.65. The largest absolute Gasteiger partial charge is 0.379 e. The van der Waals surface area contributed by atoms with Crippen molar-refractivity contribution in [2.24, 2.45) is 0 Å². The Kier molecular flexibility index (Phi) is 6.39. The Labute approximate surface area is 155 Å². The Morgan fingerprint density at radius 2 is 1.76 bits per heavy atom. The quantitative estimate of drug-likeness (QED) is 0.805. The standard InChI is InChI=1S/C20H25N3OS/c1-16-7-9-18(10-8-16)21-20(25)22-19(17-5-3-2-4-6-17)15-23-11-13-24-14-12-23/h2-10,19H,11-15H2,1H3,(H2,21,22,25)/t19-/m1/s1. The van der Waals surface area contributed by atoms with Crippen molar-refractivity contribution in [3.63, 3.8) is 0 Å². The highest BCUT2D eigenvalue weighted by Crippen LogP contribution is 2.16. The van der Waals surface area contributed by atoms with Crippen molar-refractivity contribution in [2.45, 2.75) is 13.0 Å². The van der Waals surface area contributed by atoms with Crippen LogP contribution in [-0.2, 0) is 4.74 Å². The lowest BCUT2D eigenvalue weighted by molar-refractivity contribution is 0.0344. The zero-order valence-corrected chi connectivity index (χ0v) is 15.4. The van der Waals surface area contributed by atoms with E-state index in [1.54, 1.807) is 0 Å². The molecule has 1 aliphatic rings. The molecule has 1 aliphatic heterocycles. The third kappa shape index (κ3) is 5.53. The van der Waals surface area contributed by atoms with Crippen LogP contribution in [0.5, 0.6) is 0 Å². The van der Waals surface area contributed by atoms with Crippen molar-refractivity contribution in [1.82, 2.24) is 10.2 Å². The average Bonchev–Trinajstić information content (AvgIpc) is 2.65. The van der Waals surface area contributed by atoms with Gasteiger partial charge in [-0.25, -0.2) is 0 Å². The molecule has 0 bridgehead atoms. The first-order valence-corrected chi connectivity index (χ1v) is 9.11. The molecular weight excluding hydrogens is 330 g/mol. The number of ether oxygens (including phenoxy) is 1. The van der Waals surface area contributed by atoms with Crippen LogP contribution in [0.25, 0.3) is 0 Å². The van der Waals surface area contributed by atoms with Gasteiger partial charge in [0.1, 0.15) is 0 Å². The first-order valence-electron chi connectivity index (χ1n) is 8.70. The lowest BCUT2D eigenvalue weighted by atomic mass is 10.1. The van der Waals surface area contributed by atoms with Crippen LogP contribution in [0.1, 0.15) is 17.2 Å². The molecule has 0 aromatic heterocycles. The second-order valence-corrected chi connectivity index (χ2v) is 6.75. The summed E-state index contributed by atoms with van der Waals surface area (Å²) in [5, 5.41) is 7.41. The van der Waals surface area contributed by atoms with Gasteiger partial charge in [-0.05, 0) is 36.8 Å². The van der Waals surface area contributed by atoms with Gasteiger partial charge in [0.2, 0.25) is 0 Å². The molecule has 4 nitrogen and oxygen atoms in total. The van der Waals surface area contributed by atoms with E-state index in [0.29, 0.717) is 5.11 Å². The maximum atomic E-state index is 5.55. The highest BCUT2D eigenvalue weighted by atomic mass is 32.1. The molecule has 0 amide bonds. The molecule has 2 aromatic carbocycles. The highest BCUT2D eigenvalue weighted by molar-refractivity contribution is 7.80. The monoisotopic (exact) mass is 355 g/mol. The number of aryl methyl sites for hydroxylation is 1. The van der Waals surface area contributed by atoms with Gasteiger partial charge < -0.3 is 15.4 Å². The molecule has 2 aromatic rings. The summed E-state index contributed by atoms with van der Waals surface area (Å²) >= 11 is 5.55. The summed E-state index contributed by atoms with van der Waals surface area (Å²) in [5.74, 6) is 0. The fourth-order valence-corrected chi connectivity index (χ4v) is 3.18. The summed E-state index contributed by atoms with van der Waals surface area (Å²) in [5.41, 5.74) is 3.47. The van der Waals surface area contributed by atoms with Gasteiger partial charge in [-0.1, -0.05) is 48.0 Å². The molecule has 0 unspecified atom stereocenters. The van der Waals surface area contributed by atoms with Crippen molar-refractivity contribution in [3.05, 3.63) is 65.7 Å². The molecule has 3 rings (SSSR count). The van der Waals surface area contributed by atoms with Crippen molar-refractivity contribution >= 4 is 23.0 Å². The number of nitrogens with one attached hydrogen (secondary N) is 2. The van der Waals surface area contributed by atoms with Gasteiger partial charge in [0, 0.05) is 25.3 Å². The number of benzene rings is 2. The number of rotatable bonds is 5. The van der Waals surface area contributed by atoms with Crippen LogP contribution in [0.4, 0.5) is 5.69 Å². The molecule has 5 heteroatoms. The molecule has 0 spiro atoms. The summed E-state index contributed by atoms with van der Waals surface area (Å²) in [4.78, 5) is 2.42. The Morgan fingerprint density at radius 3 is 2.44 bits per heavy atom. The van der Waals surface area contributed by atoms with Crippen LogP contribution < -0.4 is 10.6 Å². The Bertz CT molecular complexity index is 669. The SMILES string of the molecule is Cc1ccc(NC(=S)N[C@H](CN2CCOCC2)c2ccccc2)cc1. The first kappa shape index (κ1) is 17.9. The average molecular weight is 356 g/mol. The number of hydrogen-bond acceptors (Lipinski definition) is 3. The van der Waals surface area contributed by atoms with E-state index in [-0.39, 0.29) is 6.04 Å². The van der Waals surface area contributed by atoms with Crippen molar-refractivity contribution in [2.75, 3.05) is 38.2 Å². The zero-order chi connectivity index (χ0) is 17.5. The summed E-state index contributed by atoms with van der Waals surface area (Å²) in [7, 11) is 0. The minimum absolute atomic E-state index is 0.143. The van der Waals surface area contributed by atoms with Crippen LogP contribution in [0, 0.1) is 6.92 Å². The van der Waals surface area contributed by atoms with Crippen LogP contribution >= 0.6 is 12.2 Å². The van der Waals surface area contributed by atoms with Gasteiger partial charge in [-0.15, -0.1) is 0 Å². The zero-order valence-electron chi connectivity index (χ0n) is 14.6. The molecule has 25 heavy (non-hydrogen) atoms. The maximum Gasteiger partial charge on any atom is 0.171 e. The fourth-order valence-electron chi connectivity index (χ4n) is 2.92. The molecule has 0 saturated carbocycles. The second-order valence-electron chi connectivity index (χ2n) is 6.34. The molecule has 0 radical (unpaired) electrons. The summed E-state index contributed by atoms with van der Waals surface area (Å²) in [6, 6.07) is 18.9. The van der Waals surface area contributed by atoms with Crippen molar-refractivity contribution in [3.8, 4) is 0 Å². The third-order valence-corrected chi connectivity index (χ3v) is 4.58. The summed E-state index contributed by atoms with van der Waals surface area (Å²) < 4.78 is 5.46. The summed E-state index contributed by atoms with van der Waals surface area (Å²) in [6.07, 6.45) is 0. The minimum atomic E-state index is 0.143. The maximum absolute atomic E-state index is 5.55. The minimum Gasteiger partial charge on any atom is -0.379 e. The lowest BCUT2D eigenvalue weighted by Crippen LogP contribution is -2.44. The highest BCUT2D eigenvalue weighted by Gasteiger charge is 2.19. The fraction of sp³-hybridized carbons (Fsp3) is 0.350. The van der Waals surface area contributed by atoms with Crippen LogP contribution in [-0.4, -0.2) is 42.9 Å². The van der Waals surface area contributed by atoms with E-state index in [2.05, 4.69) is 58.9 Å². The molecule has 132 valence electrons. The van der Waals surface area contributed by atoms with E-state index in [1.165, 1.54) is 11.1 Å². The predicted molar refractivity (Wildman–Crippen MR) is 107 cm³/mol. The molecule has 1 fully saturated rings. The molecule has 2 N–H and O–H groups in total. The van der Waals surface area contributed by atoms with Crippen LogP contribution in [0.2, 0.25) is 0 Å². The van der Waals surface area contributed by atoms with E-state index in [0.717, 1.165) is 38.5 Å². The molecule has 1 atom stereocenters. The first-order chi connectivity index (χ1) is 12.2. The van der Waals surface area contributed by atoms with Gasteiger partial charge in [-0.3, -0.25) is 4.90 Å². The smallest absolute Gasteiger partial charge is 0.171 e. The molecule has 0 aliphatic carbocycles. The Hall–Kier alpha value is -1.95. The van der Waals surface area contributed by atoms with Crippen LogP contribution in [0.3, 0.4) is 0 Å². The van der Waals surface area contributed by atoms with Gasteiger partial charge in [0.05, 0.1) is 19.3 Å². The third-order valence-electron chi connectivity index (χ3n) is 4.36. The van der Waals surface area contributed by atoms with Crippen LogP contribution in [0.15, 0.2) is 54.6 Å². The normalized spacial score (nSPS) is 16.2. The van der Waals surface area contributed by atoms with E-state index in [4.69, 9.17) is 17.0 Å². The van der Waals surface area contributed by atoms with E-state index in [1.807, 2.05) is 18.2 Å². The lowest BCUT2D eigenvalue weighted by Gasteiger charge is -2.31. The molecule has 1 saturated heterocycles. The van der Waals surface area contributed by atoms with Crippen molar-refractivity contribution < 1.29 is 4.74 Å². The molecular formula is C20H25N3OS. The Morgan fingerprint density at radius 1 is 1.08 bits per heavy atom. The number of anilines is 1. The number of hydrogen-bond donors (Lipinski definition) is 2. The van der Waals surface area contributed by atoms with Gasteiger partial charge in [-0.2, -0.15) is 0 Å². The van der Waals surface area contributed by atoms with Gasteiger partial charge in [0.25, 0.3) is 0 Å². The number of morpholine rings is 1. The number of thiocarbonyl (C=S) groups is 1. The van der Waals surface area contributed by atoms with E-state index >= 15 is 0 Å². The van der Waals surface area contributed by atoms with Crippen molar-refractivity contribution in [1.29, 1.82) is 0 Å². The molecule has 1 heterocycles. The van der Waals surface area contributed by atoms with Gasteiger partial charge in [0.15, 0.2) is 5.11 Å². The number of nitrogens with zero attached hydrogens (tertiary/aromatic N) is 1. The van der Waals surface area contributed by atoms with E-state index < -0.39 is 0 Å². The summed E-state index contributed by atoms with van der Waals surface area (Å²) in [6.45, 7) is 6.50.